The summed E-state index contributed by atoms with van der Waals surface area (Å²) >= 11 is 5.74. The molecule has 6 nitrogen and oxygen atoms in total. The minimum Gasteiger partial charge on any atom is -0.395 e. The zero-order chi connectivity index (χ0) is 13.9. The maximum atomic E-state index is 11.3. The number of urea groups is 1. The van der Waals surface area contributed by atoms with Crippen LogP contribution in [0, 0.1) is 0 Å². The highest BCUT2D eigenvalue weighted by molar-refractivity contribution is 6.30. The fourth-order valence-corrected chi connectivity index (χ4v) is 1.35. The molecular formula is C12H17ClN4O2. The molecule has 0 bridgehead atoms. The first-order chi connectivity index (χ1) is 9.22. The van der Waals surface area contributed by atoms with Crippen molar-refractivity contribution >= 4 is 23.8 Å². The SMILES string of the molecule is O=C(NCCNCCO)N/N=C/c1ccc(Cl)cc1. The fraction of sp³-hybridized carbons (Fsp3) is 0.333. The van der Waals surface area contributed by atoms with E-state index in [1.165, 1.54) is 6.21 Å². The minimum absolute atomic E-state index is 0.0809. The number of benzene rings is 1. The topological polar surface area (TPSA) is 85.8 Å². The van der Waals surface area contributed by atoms with Crippen LogP contribution < -0.4 is 16.1 Å². The lowest BCUT2D eigenvalue weighted by Crippen LogP contribution is -2.37. The van der Waals surface area contributed by atoms with E-state index < -0.39 is 0 Å². The molecule has 2 amide bonds. The third-order valence-corrected chi connectivity index (χ3v) is 2.38. The number of carbonyl (C=O) groups is 1. The molecule has 0 aliphatic heterocycles. The smallest absolute Gasteiger partial charge is 0.335 e. The number of halogens is 1. The van der Waals surface area contributed by atoms with E-state index in [0.29, 0.717) is 24.7 Å². The van der Waals surface area contributed by atoms with Crippen LogP contribution in [-0.4, -0.2) is 43.6 Å². The minimum atomic E-state index is -0.379. The molecule has 0 unspecified atom stereocenters. The first-order valence-corrected chi connectivity index (χ1v) is 6.24. The summed E-state index contributed by atoms with van der Waals surface area (Å²) in [5.41, 5.74) is 3.19. The number of rotatable bonds is 7. The van der Waals surface area contributed by atoms with Crippen LogP contribution in [-0.2, 0) is 0 Å². The van der Waals surface area contributed by atoms with Gasteiger partial charge in [0.1, 0.15) is 0 Å². The highest BCUT2D eigenvalue weighted by Crippen LogP contribution is 2.07. The van der Waals surface area contributed by atoms with Crippen LogP contribution in [0.1, 0.15) is 5.56 Å². The third-order valence-electron chi connectivity index (χ3n) is 2.13. The molecule has 0 radical (unpaired) electrons. The molecule has 7 heteroatoms. The Hall–Kier alpha value is -1.63. The average molecular weight is 285 g/mol. The van der Waals surface area contributed by atoms with Gasteiger partial charge in [0.15, 0.2) is 0 Å². The van der Waals surface area contributed by atoms with Gasteiger partial charge < -0.3 is 15.7 Å². The van der Waals surface area contributed by atoms with Crippen LogP contribution in [0.25, 0.3) is 0 Å². The van der Waals surface area contributed by atoms with E-state index in [4.69, 9.17) is 16.7 Å². The van der Waals surface area contributed by atoms with Crippen LogP contribution in [0.5, 0.6) is 0 Å². The maximum Gasteiger partial charge on any atom is 0.335 e. The molecule has 19 heavy (non-hydrogen) atoms. The summed E-state index contributed by atoms with van der Waals surface area (Å²) in [5, 5.41) is 18.5. The second-order valence-corrected chi connectivity index (χ2v) is 4.09. The van der Waals surface area contributed by atoms with Gasteiger partial charge in [-0.15, -0.1) is 0 Å². The van der Waals surface area contributed by atoms with Crippen molar-refractivity contribution in [2.75, 3.05) is 26.2 Å². The first kappa shape index (κ1) is 15.4. The van der Waals surface area contributed by atoms with Gasteiger partial charge in [-0.05, 0) is 17.7 Å². The van der Waals surface area contributed by atoms with Crippen LogP contribution in [0.3, 0.4) is 0 Å². The summed E-state index contributed by atoms with van der Waals surface area (Å²) in [4.78, 5) is 11.3. The van der Waals surface area contributed by atoms with Gasteiger partial charge >= 0.3 is 6.03 Å². The molecule has 104 valence electrons. The maximum absolute atomic E-state index is 11.3. The normalized spacial score (nSPS) is 10.6. The molecule has 0 aliphatic rings. The van der Waals surface area contributed by atoms with Crippen molar-refractivity contribution in [3.05, 3.63) is 34.9 Å². The van der Waals surface area contributed by atoms with Crippen LogP contribution in [0.4, 0.5) is 4.79 Å². The van der Waals surface area contributed by atoms with Crippen LogP contribution in [0.15, 0.2) is 29.4 Å². The van der Waals surface area contributed by atoms with Crippen molar-refractivity contribution in [1.82, 2.24) is 16.1 Å². The molecule has 1 rings (SSSR count). The number of aliphatic hydroxyl groups excluding tert-OH is 1. The molecule has 0 atom stereocenters. The summed E-state index contributed by atoms with van der Waals surface area (Å²) in [6, 6.07) is 6.70. The Balaban J connectivity index is 2.17. The quantitative estimate of drug-likeness (QED) is 0.335. The monoisotopic (exact) mass is 284 g/mol. The zero-order valence-electron chi connectivity index (χ0n) is 10.4. The second kappa shape index (κ2) is 9.32. The Morgan fingerprint density at radius 2 is 2.00 bits per heavy atom. The van der Waals surface area contributed by atoms with Gasteiger partial charge in [-0.25, -0.2) is 10.2 Å². The van der Waals surface area contributed by atoms with E-state index in [-0.39, 0.29) is 12.6 Å². The molecule has 0 fully saturated rings. The highest BCUT2D eigenvalue weighted by Gasteiger charge is 1.96. The van der Waals surface area contributed by atoms with E-state index >= 15 is 0 Å². The third kappa shape index (κ3) is 7.40. The molecule has 1 aromatic rings. The summed E-state index contributed by atoms with van der Waals surface area (Å²) in [5.74, 6) is 0. The van der Waals surface area contributed by atoms with Gasteiger partial charge in [-0.3, -0.25) is 0 Å². The Kier molecular flexibility index (Phi) is 7.57. The van der Waals surface area contributed by atoms with E-state index in [9.17, 15) is 4.79 Å². The lowest BCUT2D eigenvalue weighted by molar-refractivity contribution is 0.241. The largest absolute Gasteiger partial charge is 0.395 e. The van der Waals surface area contributed by atoms with Gasteiger partial charge in [0.05, 0.1) is 12.8 Å². The standard InChI is InChI=1S/C12H17ClN4O2/c13-11-3-1-10(2-4-11)9-16-17-12(19)15-6-5-14-7-8-18/h1-4,9,14,18H,5-8H2,(H2,15,17,19)/b16-9+. The van der Waals surface area contributed by atoms with E-state index in [2.05, 4.69) is 21.2 Å². The van der Waals surface area contributed by atoms with Crippen molar-refractivity contribution < 1.29 is 9.90 Å². The Bertz CT molecular complexity index is 409. The van der Waals surface area contributed by atoms with Crippen molar-refractivity contribution in [2.24, 2.45) is 5.10 Å². The van der Waals surface area contributed by atoms with E-state index in [0.717, 1.165) is 5.56 Å². The number of carbonyl (C=O) groups excluding carboxylic acids is 1. The highest BCUT2D eigenvalue weighted by atomic mass is 35.5. The van der Waals surface area contributed by atoms with E-state index in [1.807, 2.05) is 0 Å². The molecule has 1 aromatic carbocycles. The molecule has 0 saturated heterocycles. The lowest BCUT2D eigenvalue weighted by atomic mass is 10.2. The van der Waals surface area contributed by atoms with Gasteiger partial charge in [-0.2, -0.15) is 5.10 Å². The van der Waals surface area contributed by atoms with Crippen molar-refractivity contribution in [3.63, 3.8) is 0 Å². The Labute approximate surface area is 116 Å². The average Bonchev–Trinajstić information content (AvgIpc) is 2.41. The van der Waals surface area contributed by atoms with Crippen molar-refractivity contribution in [3.8, 4) is 0 Å². The summed E-state index contributed by atoms with van der Waals surface area (Å²) in [7, 11) is 0. The predicted molar refractivity (Wildman–Crippen MR) is 75.5 cm³/mol. The van der Waals surface area contributed by atoms with Crippen LogP contribution >= 0.6 is 11.6 Å². The molecule has 0 heterocycles. The number of hydrogen-bond acceptors (Lipinski definition) is 4. The summed E-state index contributed by atoms with van der Waals surface area (Å²) in [6.45, 7) is 1.65. The number of nitrogens with zero attached hydrogens (tertiary/aromatic N) is 1. The number of hydrogen-bond donors (Lipinski definition) is 4. The molecular weight excluding hydrogens is 268 g/mol. The number of nitrogens with one attached hydrogen (secondary N) is 3. The Morgan fingerprint density at radius 1 is 1.26 bits per heavy atom. The van der Waals surface area contributed by atoms with E-state index in [1.54, 1.807) is 24.3 Å². The van der Waals surface area contributed by atoms with Crippen molar-refractivity contribution in [1.29, 1.82) is 0 Å². The van der Waals surface area contributed by atoms with Gasteiger partial charge in [0.2, 0.25) is 0 Å². The Morgan fingerprint density at radius 3 is 2.68 bits per heavy atom. The summed E-state index contributed by atoms with van der Waals surface area (Å²) < 4.78 is 0. The fourth-order valence-electron chi connectivity index (χ4n) is 1.22. The van der Waals surface area contributed by atoms with Gasteiger partial charge in [0.25, 0.3) is 0 Å². The number of aliphatic hydroxyl groups is 1. The molecule has 0 spiro atoms. The molecule has 0 aromatic heterocycles. The number of hydrazone groups is 1. The van der Waals surface area contributed by atoms with Gasteiger partial charge in [-0.1, -0.05) is 23.7 Å². The predicted octanol–water partition coefficient (Wildman–Crippen LogP) is 0.555. The second-order valence-electron chi connectivity index (χ2n) is 3.65. The summed E-state index contributed by atoms with van der Waals surface area (Å²) in [6.07, 6.45) is 1.53. The van der Waals surface area contributed by atoms with Crippen molar-refractivity contribution in [2.45, 2.75) is 0 Å². The first-order valence-electron chi connectivity index (χ1n) is 5.86. The zero-order valence-corrected chi connectivity index (χ0v) is 11.2. The van der Waals surface area contributed by atoms with Gasteiger partial charge in [0, 0.05) is 24.7 Å². The molecule has 4 N–H and O–H groups in total. The molecule has 0 saturated carbocycles. The lowest BCUT2D eigenvalue weighted by Gasteiger charge is -2.04. The molecule has 0 aliphatic carbocycles. The van der Waals surface area contributed by atoms with Crippen LogP contribution in [0.2, 0.25) is 5.02 Å². The number of amides is 2.